The van der Waals surface area contributed by atoms with Gasteiger partial charge in [-0.2, -0.15) is 21.6 Å². The van der Waals surface area contributed by atoms with E-state index in [-0.39, 0.29) is 30.8 Å². The van der Waals surface area contributed by atoms with Crippen LogP contribution in [0.5, 0.6) is 5.75 Å². The van der Waals surface area contributed by atoms with E-state index >= 15 is 0 Å². The van der Waals surface area contributed by atoms with Crippen molar-refractivity contribution in [1.82, 2.24) is 9.71 Å². The monoisotopic (exact) mass is 555 g/mol. The molecule has 1 heterocycles. The van der Waals surface area contributed by atoms with Crippen LogP contribution < -0.4 is 14.8 Å². The molecule has 2 N–H and O–H groups in total. The van der Waals surface area contributed by atoms with Gasteiger partial charge in [0.15, 0.2) is 10.6 Å². The Kier molecular flexibility index (Phi) is 6.87. The second-order valence-electron chi connectivity index (χ2n) is 10.6. The predicted octanol–water partition coefficient (Wildman–Crippen LogP) is 4.82. The van der Waals surface area contributed by atoms with Crippen molar-refractivity contribution in [2.45, 2.75) is 75.3 Å². The number of halogens is 3. The zero-order valence-electron chi connectivity index (χ0n) is 21.2. The lowest BCUT2D eigenvalue weighted by molar-refractivity contribution is -0.148. The van der Waals surface area contributed by atoms with Gasteiger partial charge >= 0.3 is 12.3 Å². The van der Waals surface area contributed by atoms with E-state index in [1.807, 2.05) is 4.72 Å². The number of hydrogen-bond donors (Lipinski definition) is 2. The first-order valence-electron chi connectivity index (χ1n) is 11.9. The van der Waals surface area contributed by atoms with Gasteiger partial charge in [0.05, 0.1) is 5.92 Å². The second-order valence-corrected chi connectivity index (χ2v) is 12.2. The number of aromatic nitrogens is 1. The number of hydrogen-bond acceptors (Lipinski definition) is 7. The summed E-state index contributed by atoms with van der Waals surface area (Å²) in [5.74, 6) is -3.20. The van der Waals surface area contributed by atoms with Crippen LogP contribution in [0.2, 0.25) is 0 Å². The van der Waals surface area contributed by atoms with E-state index in [1.54, 1.807) is 45.9 Å². The van der Waals surface area contributed by atoms with Gasteiger partial charge in [-0.3, -0.25) is 10.1 Å². The fourth-order valence-corrected chi connectivity index (χ4v) is 4.96. The molecule has 13 heteroatoms. The van der Waals surface area contributed by atoms with Gasteiger partial charge in [-0.1, -0.05) is 18.2 Å². The average molecular weight is 556 g/mol. The van der Waals surface area contributed by atoms with Crippen LogP contribution >= 0.6 is 0 Å². The lowest BCUT2D eigenvalue weighted by Crippen LogP contribution is -2.43. The van der Waals surface area contributed by atoms with Gasteiger partial charge < -0.3 is 9.47 Å². The molecular formula is C25H28F3N3O6S. The van der Waals surface area contributed by atoms with E-state index in [0.717, 1.165) is 11.6 Å². The minimum atomic E-state index is -4.47. The molecule has 2 aliphatic carbocycles. The number of ether oxygens (including phenoxy) is 2. The summed E-state index contributed by atoms with van der Waals surface area (Å²) in [5, 5.41) is 1.80. The number of pyridine rings is 1. The molecule has 9 nitrogen and oxygen atoms in total. The fourth-order valence-electron chi connectivity index (χ4n) is 3.95. The summed E-state index contributed by atoms with van der Waals surface area (Å²) in [4.78, 5) is 28.9. The molecule has 0 spiro atoms. The second kappa shape index (κ2) is 9.44. The molecule has 2 aliphatic rings. The smallest absolute Gasteiger partial charge is 0.413 e. The first-order chi connectivity index (χ1) is 17.5. The maximum atomic E-state index is 13.2. The largest absolute Gasteiger partial charge is 0.477 e. The predicted molar refractivity (Wildman–Crippen MR) is 130 cm³/mol. The van der Waals surface area contributed by atoms with Crippen molar-refractivity contribution in [2.75, 3.05) is 5.32 Å². The number of alkyl halides is 3. The number of sulfonamides is 1. The van der Waals surface area contributed by atoms with Crippen LogP contribution in [0.25, 0.3) is 0 Å². The average Bonchev–Trinajstić information content (AvgIpc) is 3.67. The van der Waals surface area contributed by atoms with Gasteiger partial charge in [-0.25, -0.2) is 14.5 Å². The molecular weight excluding hydrogens is 527 g/mol. The van der Waals surface area contributed by atoms with Crippen LogP contribution in [0.1, 0.15) is 57.1 Å². The van der Waals surface area contributed by atoms with Crippen LogP contribution in [-0.2, 0) is 19.6 Å². The molecule has 2 unspecified atom stereocenters. The molecule has 2 fully saturated rings. The lowest BCUT2D eigenvalue weighted by Gasteiger charge is -2.21. The van der Waals surface area contributed by atoms with Crippen LogP contribution in [0.3, 0.4) is 0 Å². The minimum Gasteiger partial charge on any atom is -0.477 e. The van der Waals surface area contributed by atoms with Gasteiger partial charge in [0.1, 0.15) is 17.2 Å². The summed E-state index contributed by atoms with van der Waals surface area (Å²) in [6.45, 7) is 6.71. The fraction of sp³-hybridized carbons (Fsp3) is 0.480. The van der Waals surface area contributed by atoms with Crippen LogP contribution in [-0.4, -0.2) is 42.8 Å². The van der Waals surface area contributed by atoms with Gasteiger partial charge in [0.2, 0.25) is 0 Å². The molecule has 0 saturated heterocycles. The Morgan fingerprint density at radius 2 is 1.79 bits per heavy atom. The maximum absolute atomic E-state index is 13.2. The Balaban J connectivity index is 1.48. The number of benzene rings is 1. The normalized spacial score (nSPS) is 20.3. The molecule has 1 aromatic heterocycles. The Bertz CT molecular complexity index is 1370. The van der Waals surface area contributed by atoms with E-state index in [4.69, 9.17) is 9.47 Å². The number of anilines is 1. The molecule has 0 radical (unpaired) electrons. The van der Waals surface area contributed by atoms with Gasteiger partial charge in [-0.15, -0.1) is 0 Å². The summed E-state index contributed by atoms with van der Waals surface area (Å²) in [6.07, 6.45) is -4.89. The van der Waals surface area contributed by atoms with Crippen molar-refractivity contribution in [3.63, 3.8) is 0 Å². The van der Waals surface area contributed by atoms with Crippen LogP contribution in [0.4, 0.5) is 23.8 Å². The number of amides is 2. The molecule has 0 aliphatic heterocycles. The van der Waals surface area contributed by atoms with E-state index in [1.165, 1.54) is 12.1 Å². The summed E-state index contributed by atoms with van der Waals surface area (Å²) in [6, 6.07) is 8.59. The molecule has 1 aromatic carbocycles. The van der Waals surface area contributed by atoms with E-state index in [2.05, 4.69) is 10.3 Å². The highest BCUT2D eigenvalue weighted by Gasteiger charge is 2.58. The maximum Gasteiger partial charge on any atom is 0.413 e. The number of carbonyl (C=O) groups excluding carboxylic acids is 2. The molecule has 2 saturated carbocycles. The molecule has 2 amide bonds. The first kappa shape index (κ1) is 27.7. The third-order valence-electron chi connectivity index (χ3n) is 6.06. The Morgan fingerprint density at radius 1 is 1.11 bits per heavy atom. The van der Waals surface area contributed by atoms with E-state index in [0.29, 0.717) is 5.56 Å². The standard InChI is InChI=1S/C25H28F3N3O6S/c1-14-8-9-15(16-13-17(16)25(26,27)28)18(12-14)36-24(10-11-24)21(32)31-38(34,35)20-7-5-6-19(29-20)30-22(33)37-23(2,3)4/h5-9,12,16-17H,10-11,13H2,1-4H3,(H,31,32)(H,29,30,33). The number of nitrogens with zero attached hydrogens (tertiary/aromatic N) is 1. The zero-order valence-corrected chi connectivity index (χ0v) is 22.0. The van der Waals surface area contributed by atoms with Crippen molar-refractivity contribution in [1.29, 1.82) is 0 Å². The van der Waals surface area contributed by atoms with Crippen molar-refractivity contribution >= 4 is 27.8 Å². The van der Waals surface area contributed by atoms with E-state index in [9.17, 15) is 31.2 Å². The summed E-state index contributed by atoms with van der Waals surface area (Å²) in [5.41, 5.74) is -1.27. The molecule has 38 heavy (non-hydrogen) atoms. The summed E-state index contributed by atoms with van der Waals surface area (Å²) < 4.78 is 78.3. The lowest BCUT2D eigenvalue weighted by atomic mass is 10.0. The summed E-state index contributed by atoms with van der Waals surface area (Å²) >= 11 is 0. The number of nitrogens with one attached hydrogen (secondary N) is 2. The SMILES string of the molecule is Cc1ccc(C2CC2C(F)(F)F)c(OC2(C(=O)NS(=O)(=O)c3cccc(NC(=O)OC(C)(C)C)n3)CC2)c1. The quantitative estimate of drug-likeness (QED) is 0.502. The Hall–Kier alpha value is -3.35. The third-order valence-corrected chi connectivity index (χ3v) is 7.29. The van der Waals surface area contributed by atoms with Crippen molar-refractivity contribution in [3.05, 3.63) is 47.5 Å². The van der Waals surface area contributed by atoms with Crippen molar-refractivity contribution < 1.29 is 40.7 Å². The van der Waals surface area contributed by atoms with Crippen LogP contribution in [0.15, 0.2) is 41.4 Å². The number of rotatable bonds is 7. The van der Waals surface area contributed by atoms with E-state index < -0.39 is 56.3 Å². The number of aryl methyl sites for hydroxylation is 1. The highest BCUT2D eigenvalue weighted by molar-refractivity contribution is 7.90. The topological polar surface area (TPSA) is 124 Å². The minimum absolute atomic E-state index is 0.0736. The van der Waals surface area contributed by atoms with Crippen molar-refractivity contribution in [3.8, 4) is 5.75 Å². The molecule has 2 aromatic rings. The molecule has 4 rings (SSSR count). The molecule has 2 atom stereocenters. The molecule has 0 bridgehead atoms. The highest BCUT2D eigenvalue weighted by Crippen LogP contribution is 2.58. The Morgan fingerprint density at radius 3 is 2.37 bits per heavy atom. The Labute approximate surface area is 218 Å². The van der Waals surface area contributed by atoms with Gasteiger partial charge in [0.25, 0.3) is 15.9 Å². The zero-order chi connectivity index (χ0) is 28.1. The molecule has 206 valence electrons. The van der Waals surface area contributed by atoms with Gasteiger partial charge in [0, 0.05) is 12.8 Å². The summed E-state index contributed by atoms with van der Waals surface area (Å²) in [7, 11) is -4.47. The third kappa shape index (κ3) is 6.37. The van der Waals surface area contributed by atoms with Crippen molar-refractivity contribution in [2.24, 2.45) is 5.92 Å². The first-order valence-corrected chi connectivity index (χ1v) is 13.4. The van der Waals surface area contributed by atoms with Gasteiger partial charge in [-0.05, 0) is 69.4 Å². The van der Waals surface area contributed by atoms with Crippen LogP contribution in [0, 0.1) is 12.8 Å². The highest BCUT2D eigenvalue weighted by atomic mass is 32.2. The number of carbonyl (C=O) groups is 2.